The average molecular weight is 301 g/mol. The number of halogens is 1. The number of thioether (sulfide) groups is 1. The number of rotatable bonds is 6. The maximum Gasteiger partial charge on any atom is 0.158 e. The van der Waals surface area contributed by atoms with E-state index in [1.165, 1.54) is 0 Å². The van der Waals surface area contributed by atoms with Gasteiger partial charge in [0.05, 0.1) is 5.69 Å². The summed E-state index contributed by atoms with van der Waals surface area (Å²) in [6.45, 7) is 6.44. The monoisotopic (exact) mass is 300 g/mol. The van der Waals surface area contributed by atoms with Gasteiger partial charge in [0.2, 0.25) is 0 Å². The highest BCUT2D eigenvalue weighted by molar-refractivity contribution is 7.99. The zero-order chi connectivity index (χ0) is 14.0. The average Bonchev–Trinajstić information content (AvgIpc) is 2.87. The van der Waals surface area contributed by atoms with Crippen molar-refractivity contribution in [3.63, 3.8) is 0 Å². The molecule has 0 aliphatic heterocycles. The number of alkyl halides is 1. The van der Waals surface area contributed by atoms with Crippen LogP contribution in [0.2, 0.25) is 0 Å². The van der Waals surface area contributed by atoms with Crippen molar-refractivity contribution in [1.29, 1.82) is 0 Å². The molecule has 0 aliphatic carbocycles. The number of nitrogens with zero attached hydrogens (tertiary/aromatic N) is 4. The van der Waals surface area contributed by atoms with Crippen LogP contribution in [0, 0.1) is 6.92 Å². The molecule has 106 valence electrons. The molecular weight excluding hydrogens is 280 g/mol. The fourth-order valence-corrected chi connectivity index (χ4v) is 3.32. The Balaban J connectivity index is 2.50. The fourth-order valence-electron chi connectivity index (χ4n) is 2.43. The summed E-state index contributed by atoms with van der Waals surface area (Å²) >= 11 is 7.86. The van der Waals surface area contributed by atoms with E-state index in [4.69, 9.17) is 16.6 Å². The van der Waals surface area contributed by atoms with E-state index < -0.39 is 0 Å². The van der Waals surface area contributed by atoms with Gasteiger partial charge in [-0.3, -0.25) is 4.68 Å². The van der Waals surface area contributed by atoms with Crippen LogP contribution >= 0.6 is 23.4 Å². The number of hydrogen-bond donors (Lipinski definition) is 0. The smallest absolute Gasteiger partial charge is 0.158 e. The number of aryl methyl sites for hydroxylation is 3. The van der Waals surface area contributed by atoms with Crippen molar-refractivity contribution < 1.29 is 0 Å². The third-order valence-electron chi connectivity index (χ3n) is 3.23. The van der Waals surface area contributed by atoms with Crippen molar-refractivity contribution in [1.82, 2.24) is 19.3 Å². The van der Waals surface area contributed by atoms with E-state index in [1.807, 2.05) is 30.4 Å². The van der Waals surface area contributed by atoms with Crippen molar-refractivity contribution >= 4 is 34.5 Å². The van der Waals surface area contributed by atoms with Gasteiger partial charge in [0.1, 0.15) is 11.3 Å². The zero-order valence-electron chi connectivity index (χ0n) is 12.0. The lowest BCUT2D eigenvalue weighted by molar-refractivity contribution is 0.576. The predicted octanol–water partition coefficient (Wildman–Crippen LogP) is 3.17. The van der Waals surface area contributed by atoms with Crippen molar-refractivity contribution in [3.8, 4) is 0 Å². The van der Waals surface area contributed by atoms with Crippen molar-refractivity contribution in [2.24, 2.45) is 7.05 Å². The second-order valence-electron chi connectivity index (χ2n) is 4.73. The normalized spacial score (nSPS) is 13.3. The predicted molar refractivity (Wildman–Crippen MR) is 83.4 cm³/mol. The first-order valence-corrected chi connectivity index (χ1v) is 8.33. The van der Waals surface area contributed by atoms with Crippen LogP contribution in [0.25, 0.3) is 11.2 Å². The molecule has 2 aromatic rings. The van der Waals surface area contributed by atoms with Gasteiger partial charge in [-0.1, -0.05) is 6.92 Å². The lowest BCUT2D eigenvalue weighted by atomic mass is 10.3. The SMILES string of the molecule is CCSCC(C)n1c(CCCl)nc2c(C)nn(C)c21. The van der Waals surface area contributed by atoms with Crippen molar-refractivity contribution in [2.45, 2.75) is 33.2 Å². The molecular formula is C13H21ClN4S. The molecule has 0 N–H and O–H groups in total. The van der Waals surface area contributed by atoms with Crippen molar-refractivity contribution in [3.05, 3.63) is 11.5 Å². The molecule has 2 rings (SSSR count). The molecule has 0 radical (unpaired) electrons. The molecule has 0 aliphatic rings. The minimum absolute atomic E-state index is 0.406. The topological polar surface area (TPSA) is 35.6 Å². The minimum Gasteiger partial charge on any atom is -0.309 e. The summed E-state index contributed by atoms with van der Waals surface area (Å²) in [6.07, 6.45) is 0.802. The highest BCUT2D eigenvalue weighted by Crippen LogP contribution is 2.25. The van der Waals surface area contributed by atoms with E-state index in [0.717, 1.165) is 40.6 Å². The number of fused-ring (bicyclic) bond motifs is 1. The number of imidazole rings is 1. The Labute approximate surface area is 123 Å². The molecule has 0 bridgehead atoms. The van der Waals surface area contributed by atoms with E-state index in [9.17, 15) is 0 Å². The molecule has 0 spiro atoms. The molecule has 6 heteroatoms. The van der Waals surface area contributed by atoms with Gasteiger partial charge in [-0.15, -0.1) is 11.6 Å². The second-order valence-corrected chi connectivity index (χ2v) is 6.42. The Hall–Kier alpha value is -0.680. The molecule has 1 atom stereocenters. The van der Waals surface area contributed by atoms with Crippen LogP contribution in [0.3, 0.4) is 0 Å². The van der Waals surface area contributed by atoms with Gasteiger partial charge in [0.25, 0.3) is 0 Å². The molecule has 19 heavy (non-hydrogen) atoms. The summed E-state index contributed by atoms with van der Waals surface area (Å²) in [5, 5.41) is 4.47. The Morgan fingerprint density at radius 1 is 1.42 bits per heavy atom. The van der Waals surface area contributed by atoms with E-state index in [1.54, 1.807) is 0 Å². The van der Waals surface area contributed by atoms with Crippen molar-refractivity contribution in [2.75, 3.05) is 17.4 Å². The summed E-state index contributed by atoms with van der Waals surface area (Å²) in [4.78, 5) is 4.74. The van der Waals surface area contributed by atoms with E-state index in [2.05, 4.69) is 23.5 Å². The van der Waals surface area contributed by atoms with E-state index in [-0.39, 0.29) is 0 Å². The third kappa shape index (κ3) is 2.77. The number of hydrogen-bond acceptors (Lipinski definition) is 3. The van der Waals surface area contributed by atoms with Gasteiger partial charge in [-0.2, -0.15) is 16.9 Å². The first-order chi connectivity index (χ1) is 9.10. The molecule has 2 heterocycles. The highest BCUT2D eigenvalue weighted by Gasteiger charge is 2.20. The molecule has 0 amide bonds. The van der Waals surface area contributed by atoms with Crippen LogP contribution in [0.5, 0.6) is 0 Å². The highest BCUT2D eigenvalue weighted by atomic mass is 35.5. The standard InChI is InChI=1S/C13H21ClN4S/c1-5-19-8-9(2)18-11(6-7-14)15-12-10(3)16-17(4)13(12)18/h9H,5-8H2,1-4H3. The van der Waals surface area contributed by atoms with Crippen LogP contribution in [-0.4, -0.2) is 36.7 Å². The Kier molecular flexibility index (Phi) is 4.79. The summed E-state index contributed by atoms with van der Waals surface area (Å²) < 4.78 is 4.24. The molecule has 0 aromatic carbocycles. The number of aromatic nitrogens is 4. The zero-order valence-corrected chi connectivity index (χ0v) is 13.6. The molecule has 4 nitrogen and oxygen atoms in total. The lowest BCUT2D eigenvalue weighted by Gasteiger charge is -2.17. The van der Waals surface area contributed by atoms with Gasteiger partial charge >= 0.3 is 0 Å². The van der Waals surface area contributed by atoms with Crippen LogP contribution < -0.4 is 0 Å². The van der Waals surface area contributed by atoms with E-state index in [0.29, 0.717) is 11.9 Å². The Morgan fingerprint density at radius 3 is 2.79 bits per heavy atom. The third-order valence-corrected chi connectivity index (χ3v) is 4.55. The molecule has 0 saturated carbocycles. The van der Waals surface area contributed by atoms with Gasteiger partial charge < -0.3 is 4.57 Å². The molecule has 0 fully saturated rings. The van der Waals surface area contributed by atoms with Gasteiger partial charge in [-0.25, -0.2) is 4.98 Å². The fraction of sp³-hybridized carbons (Fsp3) is 0.692. The first kappa shape index (κ1) is 14.7. The second kappa shape index (κ2) is 6.18. The summed E-state index contributed by atoms with van der Waals surface area (Å²) in [5.41, 5.74) is 3.11. The summed E-state index contributed by atoms with van der Waals surface area (Å²) in [7, 11) is 1.98. The molecule has 1 unspecified atom stereocenters. The largest absolute Gasteiger partial charge is 0.309 e. The van der Waals surface area contributed by atoms with Crippen LogP contribution in [0.15, 0.2) is 0 Å². The maximum atomic E-state index is 5.91. The van der Waals surface area contributed by atoms with Gasteiger partial charge in [0, 0.05) is 31.1 Å². The Bertz CT molecular complexity index is 560. The Morgan fingerprint density at radius 2 is 2.16 bits per heavy atom. The summed E-state index contributed by atoms with van der Waals surface area (Å²) in [5.74, 6) is 3.90. The van der Waals surface area contributed by atoms with Crippen LogP contribution in [0.4, 0.5) is 0 Å². The minimum atomic E-state index is 0.406. The maximum absolute atomic E-state index is 5.91. The van der Waals surface area contributed by atoms with Crippen LogP contribution in [-0.2, 0) is 13.5 Å². The van der Waals surface area contributed by atoms with Gasteiger partial charge in [-0.05, 0) is 19.6 Å². The van der Waals surface area contributed by atoms with Gasteiger partial charge in [0.15, 0.2) is 5.65 Å². The first-order valence-electron chi connectivity index (χ1n) is 6.64. The molecule has 0 saturated heterocycles. The van der Waals surface area contributed by atoms with E-state index >= 15 is 0 Å². The summed E-state index contributed by atoms with van der Waals surface area (Å²) in [6, 6.07) is 0.406. The lowest BCUT2D eigenvalue weighted by Crippen LogP contribution is -2.14. The molecule has 2 aromatic heterocycles. The quantitative estimate of drug-likeness (QED) is 0.769. The van der Waals surface area contributed by atoms with Crippen LogP contribution in [0.1, 0.15) is 31.4 Å².